The summed E-state index contributed by atoms with van der Waals surface area (Å²) in [5.41, 5.74) is 0.943. The Hall–Kier alpha value is -2.89. The van der Waals surface area contributed by atoms with Gasteiger partial charge in [0.1, 0.15) is 0 Å². The molecule has 6 heteroatoms. The van der Waals surface area contributed by atoms with Gasteiger partial charge in [0.05, 0.1) is 17.6 Å². The standard InChI is InChI=1S/C22H27N3O3/c1-4-28-19-11-10-17(16-23-19)20(26)24-12-14-25(15-13-24)21(27)22(2,3)18-8-6-5-7-9-18/h5-11,16H,4,12-15H2,1-3H3. The Balaban J connectivity index is 1.60. The van der Waals surface area contributed by atoms with Crippen molar-refractivity contribution in [2.45, 2.75) is 26.2 Å². The van der Waals surface area contributed by atoms with Crippen molar-refractivity contribution in [2.75, 3.05) is 32.8 Å². The maximum atomic E-state index is 13.1. The smallest absolute Gasteiger partial charge is 0.255 e. The number of piperazine rings is 1. The molecular weight excluding hydrogens is 354 g/mol. The summed E-state index contributed by atoms with van der Waals surface area (Å²) in [5.74, 6) is 0.538. The van der Waals surface area contributed by atoms with Crippen molar-refractivity contribution >= 4 is 11.8 Å². The van der Waals surface area contributed by atoms with E-state index in [1.54, 1.807) is 23.2 Å². The number of carbonyl (C=O) groups excluding carboxylic acids is 2. The summed E-state index contributed by atoms with van der Waals surface area (Å²) in [6, 6.07) is 13.3. The van der Waals surface area contributed by atoms with E-state index in [-0.39, 0.29) is 11.8 Å². The molecule has 0 aliphatic carbocycles. The second-order valence-corrected chi connectivity index (χ2v) is 7.39. The van der Waals surface area contributed by atoms with Crippen LogP contribution in [0.15, 0.2) is 48.7 Å². The van der Waals surface area contributed by atoms with Gasteiger partial charge in [-0.1, -0.05) is 30.3 Å². The van der Waals surface area contributed by atoms with E-state index in [9.17, 15) is 9.59 Å². The zero-order valence-corrected chi connectivity index (χ0v) is 16.7. The van der Waals surface area contributed by atoms with Gasteiger partial charge < -0.3 is 14.5 Å². The summed E-state index contributed by atoms with van der Waals surface area (Å²) in [6.07, 6.45) is 1.55. The highest BCUT2D eigenvalue weighted by molar-refractivity contribution is 5.94. The SMILES string of the molecule is CCOc1ccc(C(=O)N2CCN(C(=O)C(C)(C)c3ccccc3)CC2)cn1. The second kappa shape index (κ2) is 8.42. The van der Waals surface area contributed by atoms with Gasteiger partial charge in [0, 0.05) is 38.4 Å². The van der Waals surface area contributed by atoms with E-state index in [4.69, 9.17) is 4.74 Å². The lowest BCUT2D eigenvalue weighted by Gasteiger charge is -2.38. The van der Waals surface area contributed by atoms with Crippen LogP contribution in [0.2, 0.25) is 0 Å². The molecule has 1 aliphatic rings. The Morgan fingerprint density at radius 2 is 1.64 bits per heavy atom. The Kier molecular flexibility index (Phi) is 5.97. The number of benzene rings is 1. The molecule has 0 unspecified atom stereocenters. The maximum Gasteiger partial charge on any atom is 0.255 e. The molecule has 148 valence electrons. The first-order chi connectivity index (χ1) is 13.4. The third kappa shape index (κ3) is 4.16. The monoisotopic (exact) mass is 381 g/mol. The van der Waals surface area contributed by atoms with Crippen molar-refractivity contribution < 1.29 is 14.3 Å². The summed E-state index contributed by atoms with van der Waals surface area (Å²) in [4.78, 5) is 33.6. The van der Waals surface area contributed by atoms with Crippen molar-refractivity contribution in [2.24, 2.45) is 0 Å². The first-order valence-electron chi connectivity index (χ1n) is 9.66. The van der Waals surface area contributed by atoms with Crippen LogP contribution in [0, 0.1) is 0 Å². The third-order valence-electron chi connectivity index (χ3n) is 5.16. The van der Waals surface area contributed by atoms with Crippen LogP contribution in [0.5, 0.6) is 5.88 Å². The number of amides is 2. The van der Waals surface area contributed by atoms with Crippen LogP contribution in [-0.4, -0.2) is 59.4 Å². The molecule has 28 heavy (non-hydrogen) atoms. The van der Waals surface area contributed by atoms with Gasteiger partial charge in [-0.25, -0.2) is 4.98 Å². The third-order valence-corrected chi connectivity index (χ3v) is 5.16. The molecule has 0 radical (unpaired) electrons. The number of nitrogens with zero attached hydrogens (tertiary/aromatic N) is 3. The van der Waals surface area contributed by atoms with Crippen LogP contribution >= 0.6 is 0 Å². The predicted molar refractivity (Wildman–Crippen MR) is 107 cm³/mol. The molecule has 1 aliphatic heterocycles. The van der Waals surface area contributed by atoms with Crippen LogP contribution in [0.25, 0.3) is 0 Å². The molecular formula is C22H27N3O3. The van der Waals surface area contributed by atoms with E-state index < -0.39 is 5.41 Å². The van der Waals surface area contributed by atoms with Crippen LogP contribution in [0.4, 0.5) is 0 Å². The van der Waals surface area contributed by atoms with Gasteiger partial charge in [0.25, 0.3) is 5.91 Å². The largest absolute Gasteiger partial charge is 0.478 e. The molecule has 1 saturated heterocycles. The van der Waals surface area contributed by atoms with Gasteiger partial charge in [0.15, 0.2) is 0 Å². The van der Waals surface area contributed by atoms with Crippen LogP contribution in [0.1, 0.15) is 36.7 Å². The average molecular weight is 381 g/mol. The van der Waals surface area contributed by atoms with Crippen molar-refractivity contribution in [1.29, 1.82) is 0 Å². The molecule has 1 aromatic carbocycles. The zero-order valence-electron chi connectivity index (χ0n) is 16.7. The van der Waals surface area contributed by atoms with Gasteiger partial charge in [-0.15, -0.1) is 0 Å². The number of rotatable bonds is 5. The number of ether oxygens (including phenoxy) is 1. The summed E-state index contributed by atoms with van der Waals surface area (Å²) >= 11 is 0. The van der Waals surface area contributed by atoms with Crippen LogP contribution < -0.4 is 4.74 Å². The van der Waals surface area contributed by atoms with E-state index in [0.717, 1.165) is 5.56 Å². The summed E-state index contributed by atoms with van der Waals surface area (Å²) < 4.78 is 5.31. The first kappa shape index (κ1) is 19.9. The average Bonchev–Trinajstić information content (AvgIpc) is 2.74. The van der Waals surface area contributed by atoms with Gasteiger partial charge in [0.2, 0.25) is 11.8 Å². The van der Waals surface area contributed by atoms with Gasteiger partial charge >= 0.3 is 0 Å². The fraction of sp³-hybridized carbons (Fsp3) is 0.409. The fourth-order valence-electron chi connectivity index (χ4n) is 3.41. The minimum absolute atomic E-state index is 0.0648. The molecule has 0 bridgehead atoms. The molecule has 1 aromatic heterocycles. The van der Waals surface area contributed by atoms with E-state index in [1.165, 1.54) is 0 Å². The minimum atomic E-state index is -0.591. The van der Waals surface area contributed by atoms with Gasteiger partial charge in [-0.2, -0.15) is 0 Å². The highest BCUT2D eigenvalue weighted by Crippen LogP contribution is 2.26. The Bertz CT molecular complexity index is 811. The zero-order chi connectivity index (χ0) is 20.1. The quantitative estimate of drug-likeness (QED) is 0.799. The van der Waals surface area contributed by atoms with Crippen LogP contribution in [0.3, 0.4) is 0 Å². The lowest BCUT2D eigenvalue weighted by atomic mass is 9.83. The molecule has 0 N–H and O–H groups in total. The maximum absolute atomic E-state index is 13.1. The topological polar surface area (TPSA) is 62.7 Å². The summed E-state index contributed by atoms with van der Waals surface area (Å²) in [6.45, 7) is 8.43. The Labute approximate surface area is 166 Å². The number of pyridine rings is 1. The molecule has 0 saturated carbocycles. The molecule has 2 amide bonds. The van der Waals surface area contributed by atoms with Crippen molar-refractivity contribution in [3.8, 4) is 5.88 Å². The van der Waals surface area contributed by atoms with Crippen molar-refractivity contribution in [3.63, 3.8) is 0 Å². The Morgan fingerprint density at radius 1 is 1.00 bits per heavy atom. The molecule has 3 rings (SSSR count). The highest BCUT2D eigenvalue weighted by Gasteiger charge is 2.35. The first-order valence-corrected chi connectivity index (χ1v) is 9.66. The normalized spacial score (nSPS) is 14.7. The number of hydrogen-bond acceptors (Lipinski definition) is 4. The van der Waals surface area contributed by atoms with E-state index in [2.05, 4.69) is 4.98 Å². The highest BCUT2D eigenvalue weighted by atomic mass is 16.5. The molecule has 0 atom stereocenters. The molecule has 6 nitrogen and oxygen atoms in total. The number of carbonyl (C=O) groups is 2. The van der Waals surface area contributed by atoms with Gasteiger partial charge in [-0.05, 0) is 32.4 Å². The predicted octanol–water partition coefficient (Wildman–Crippen LogP) is 2.74. The lowest BCUT2D eigenvalue weighted by Crippen LogP contribution is -2.54. The molecule has 2 heterocycles. The van der Waals surface area contributed by atoms with E-state index >= 15 is 0 Å². The Morgan fingerprint density at radius 3 is 2.21 bits per heavy atom. The molecule has 2 aromatic rings. The second-order valence-electron chi connectivity index (χ2n) is 7.39. The molecule has 1 fully saturated rings. The van der Waals surface area contributed by atoms with Crippen LogP contribution in [-0.2, 0) is 10.2 Å². The summed E-state index contributed by atoms with van der Waals surface area (Å²) in [7, 11) is 0. The van der Waals surface area contributed by atoms with Gasteiger partial charge in [-0.3, -0.25) is 9.59 Å². The van der Waals surface area contributed by atoms with Crippen molar-refractivity contribution in [1.82, 2.24) is 14.8 Å². The number of hydrogen-bond donors (Lipinski definition) is 0. The molecule has 0 spiro atoms. The van der Waals surface area contributed by atoms with Crippen molar-refractivity contribution in [3.05, 3.63) is 59.8 Å². The van der Waals surface area contributed by atoms with E-state index in [1.807, 2.05) is 56.0 Å². The minimum Gasteiger partial charge on any atom is -0.478 e. The lowest BCUT2D eigenvalue weighted by molar-refractivity contribution is -0.137. The number of aromatic nitrogens is 1. The fourth-order valence-corrected chi connectivity index (χ4v) is 3.41. The summed E-state index contributed by atoms with van der Waals surface area (Å²) in [5, 5.41) is 0. The van der Waals surface area contributed by atoms with E-state index in [0.29, 0.717) is 44.2 Å².